The highest BCUT2D eigenvalue weighted by atomic mass is 16.6. The SMILES string of the molecule is C[C@@H](C(=O)Nc1cccc(O)c1)N(C)C(=O)OC(C)(C)C. The second-order valence-electron chi connectivity index (χ2n) is 5.81. The molecule has 0 unspecified atom stereocenters. The average Bonchev–Trinajstić information content (AvgIpc) is 2.34. The van der Waals surface area contributed by atoms with Crippen LogP contribution in [0.25, 0.3) is 0 Å². The van der Waals surface area contributed by atoms with Crippen LogP contribution in [0.5, 0.6) is 5.75 Å². The Bertz CT molecular complexity index is 523. The summed E-state index contributed by atoms with van der Waals surface area (Å²) in [6.45, 7) is 6.88. The molecule has 0 spiro atoms. The van der Waals surface area contributed by atoms with Gasteiger partial charge in [0.2, 0.25) is 5.91 Å². The predicted octanol–water partition coefficient (Wildman–Crippen LogP) is 2.59. The van der Waals surface area contributed by atoms with Crippen LogP contribution >= 0.6 is 0 Å². The molecular formula is C15H22N2O4. The van der Waals surface area contributed by atoms with Crippen molar-refractivity contribution in [3.05, 3.63) is 24.3 Å². The monoisotopic (exact) mass is 294 g/mol. The summed E-state index contributed by atoms with van der Waals surface area (Å²) >= 11 is 0. The Kier molecular flexibility index (Phi) is 5.18. The number of hydrogen-bond acceptors (Lipinski definition) is 4. The van der Waals surface area contributed by atoms with Crippen molar-refractivity contribution in [3.63, 3.8) is 0 Å². The first-order valence-electron chi connectivity index (χ1n) is 6.66. The highest BCUT2D eigenvalue weighted by Crippen LogP contribution is 2.16. The second kappa shape index (κ2) is 6.47. The first-order valence-corrected chi connectivity index (χ1v) is 6.66. The summed E-state index contributed by atoms with van der Waals surface area (Å²) in [7, 11) is 1.50. The van der Waals surface area contributed by atoms with Gasteiger partial charge in [0.1, 0.15) is 17.4 Å². The Morgan fingerprint density at radius 1 is 1.33 bits per heavy atom. The predicted molar refractivity (Wildman–Crippen MR) is 80.2 cm³/mol. The van der Waals surface area contributed by atoms with Crippen molar-refractivity contribution < 1.29 is 19.4 Å². The third-order valence-corrected chi connectivity index (χ3v) is 2.76. The molecule has 0 saturated carbocycles. The lowest BCUT2D eigenvalue weighted by Gasteiger charge is -2.28. The normalized spacial score (nSPS) is 12.4. The maximum atomic E-state index is 12.1. The minimum Gasteiger partial charge on any atom is -0.508 e. The van der Waals surface area contributed by atoms with Crippen LogP contribution in [0.15, 0.2) is 24.3 Å². The number of anilines is 1. The van der Waals surface area contributed by atoms with E-state index >= 15 is 0 Å². The smallest absolute Gasteiger partial charge is 0.410 e. The summed E-state index contributed by atoms with van der Waals surface area (Å²) in [4.78, 5) is 25.2. The van der Waals surface area contributed by atoms with Crippen molar-refractivity contribution in [1.82, 2.24) is 4.90 Å². The van der Waals surface area contributed by atoms with Gasteiger partial charge in [0.15, 0.2) is 0 Å². The Hall–Kier alpha value is -2.24. The van der Waals surface area contributed by atoms with Gasteiger partial charge in [0, 0.05) is 18.8 Å². The van der Waals surface area contributed by atoms with Crippen molar-refractivity contribution in [1.29, 1.82) is 0 Å². The number of benzene rings is 1. The standard InChI is InChI=1S/C15H22N2O4/c1-10(17(5)14(20)21-15(2,3)4)13(19)16-11-7-6-8-12(18)9-11/h6-10,18H,1-5H3,(H,16,19)/t10-/m0/s1. The highest BCUT2D eigenvalue weighted by Gasteiger charge is 2.26. The van der Waals surface area contributed by atoms with E-state index in [0.717, 1.165) is 0 Å². The number of phenols is 1. The van der Waals surface area contributed by atoms with Crippen molar-refractivity contribution in [2.45, 2.75) is 39.3 Å². The molecule has 2 N–H and O–H groups in total. The fraction of sp³-hybridized carbons (Fsp3) is 0.467. The lowest BCUT2D eigenvalue weighted by Crippen LogP contribution is -2.45. The molecule has 0 bridgehead atoms. The van der Waals surface area contributed by atoms with Crippen LogP contribution in [0, 0.1) is 0 Å². The summed E-state index contributed by atoms with van der Waals surface area (Å²) < 4.78 is 5.21. The molecule has 6 heteroatoms. The minimum atomic E-state index is -0.706. The minimum absolute atomic E-state index is 0.0564. The quantitative estimate of drug-likeness (QED) is 0.898. The third-order valence-electron chi connectivity index (χ3n) is 2.76. The van der Waals surface area contributed by atoms with E-state index in [1.54, 1.807) is 39.8 Å². The zero-order valence-electron chi connectivity index (χ0n) is 13.0. The van der Waals surface area contributed by atoms with Gasteiger partial charge in [-0.15, -0.1) is 0 Å². The van der Waals surface area contributed by atoms with Gasteiger partial charge < -0.3 is 15.2 Å². The number of carbonyl (C=O) groups excluding carboxylic acids is 2. The van der Waals surface area contributed by atoms with E-state index in [9.17, 15) is 14.7 Å². The molecule has 0 radical (unpaired) electrons. The van der Waals surface area contributed by atoms with Crippen LogP contribution in [0.1, 0.15) is 27.7 Å². The molecule has 0 aliphatic heterocycles. The second-order valence-corrected chi connectivity index (χ2v) is 5.81. The van der Waals surface area contributed by atoms with E-state index in [1.807, 2.05) is 0 Å². The first-order chi connectivity index (χ1) is 9.60. The van der Waals surface area contributed by atoms with Gasteiger partial charge in [-0.25, -0.2) is 4.79 Å². The largest absolute Gasteiger partial charge is 0.508 e. The van der Waals surface area contributed by atoms with Gasteiger partial charge in [-0.2, -0.15) is 0 Å². The highest BCUT2D eigenvalue weighted by molar-refractivity contribution is 5.96. The van der Waals surface area contributed by atoms with Gasteiger partial charge in [0.05, 0.1) is 0 Å². The fourth-order valence-corrected chi connectivity index (χ4v) is 1.50. The number of amides is 2. The average molecular weight is 294 g/mol. The summed E-state index contributed by atoms with van der Waals surface area (Å²) in [6.07, 6.45) is -0.568. The molecule has 116 valence electrons. The van der Waals surface area contributed by atoms with E-state index in [0.29, 0.717) is 5.69 Å². The van der Waals surface area contributed by atoms with Gasteiger partial charge in [0.25, 0.3) is 0 Å². The van der Waals surface area contributed by atoms with Crippen LogP contribution < -0.4 is 5.32 Å². The van der Waals surface area contributed by atoms with Crippen molar-refractivity contribution in [2.75, 3.05) is 12.4 Å². The maximum Gasteiger partial charge on any atom is 0.410 e. The molecular weight excluding hydrogens is 272 g/mol. The van der Waals surface area contributed by atoms with Crippen LogP contribution in [-0.2, 0) is 9.53 Å². The third kappa shape index (κ3) is 5.33. The van der Waals surface area contributed by atoms with Crippen molar-refractivity contribution in [3.8, 4) is 5.75 Å². The summed E-state index contributed by atoms with van der Waals surface area (Å²) in [5.74, 6) is -0.310. The van der Waals surface area contributed by atoms with E-state index in [4.69, 9.17) is 4.74 Å². The van der Waals surface area contributed by atoms with Crippen molar-refractivity contribution >= 4 is 17.7 Å². The number of nitrogens with zero attached hydrogens (tertiary/aromatic N) is 1. The Morgan fingerprint density at radius 3 is 2.48 bits per heavy atom. The molecule has 1 atom stereocenters. The topological polar surface area (TPSA) is 78.9 Å². The molecule has 1 aromatic carbocycles. The number of aromatic hydroxyl groups is 1. The molecule has 1 aromatic rings. The van der Waals surface area contributed by atoms with Gasteiger partial charge in [-0.1, -0.05) is 6.07 Å². The molecule has 0 fully saturated rings. The van der Waals surface area contributed by atoms with Gasteiger partial charge in [-0.3, -0.25) is 9.69 Å². The molecule has 2 amide bonds. The molecule has 0 aliphatic rings. The lowest BCUT2D eigenvalue weighted by molar-refractivity contribution is -0.120. The Labute approximate surface area is 124 Å². The Balaban J connectivity index is 2.67. The molecule has 1 rings (SSSR count). The van der Waals surface area contributed by atoms with Crippen LogP contribution in [0.4, 0.5) is 10.5 Å². The van der Waals surface area contributed by atoms with E-state index in [-0.39, 0.29) is 11.7 Å². The molecule has 0 heterocycles. The molecule has 0 aromatic heterocycles. The molecule has 21 heavy (non-hydrogen) atoms. The molecule has 0 saturated heterocycles. The summed E-state index contributed by atoms with van der Waals surface area (Å²) in [6, 6.07) is 5.50. The lowest BCUT2D eigenvalue weighted by atomic mass is 10.2. The number of rotatable bonds is 3. The number of likely N-dealkylation sites (N-methyl/N-ethyl adjacent to an activating group) is 1. The number of carbonyl (C=O) groups is 2. The number of nitrogens with one attached hydrogen (secondary N) is 1. The van der Waals surface area contributed by atoms with Crippen molar-refractivity contribution in [2.24, 2.45) is 0 Å². The first kappa shape index (κ1) is 16.8. The van der Waals surface area contributed by atoms with Crippen LogP contribution in [0.2, 0.25) is 0 Å². The summed E-state index contributed by atoms with van der Waals surface area (Å²) in [5, 5.41) is 12.0. The van der Waals surface area contributed by atoms with Gasteiger partial charge >= 0.3 is 6.09 Å². The molecule has 6 nitrogen and oxygen atoms in total. The van der Waals surface area contributed by atoms with Crippen LogP contribution in [-0.4, -0.2) is 40.7 Å². The fourth-order valence-electron chi connectivity index (χ4n) is 1.50. The Morgan fingerprint density at radius 2 is 1.95 bits per heavy atom. The van der Waals surface area contributed by atoms with E-state index in [1.165, 1.54) is 24.1 Å². The number of ether oxygens (including phenoxy) is 1. The molecule has 0 aliphatic carbocycles. The van der Waals surface area contributed by atoms with Crippen LogP contribution in [0.3, 0.4) is 0 Å². The zero-order valence-corrected chi connectivity index (χ0v) is 13.0. The number of phenolic OH excluding ortho intramolecular Hbond substituents is 1. The number of hydrogen-bond donors (Lipinski definition) is 2. The maximum absolute atomic E-state index is 12.1. The van der Waals surface area contributed by atoms with E-state index < -0.39 is 17.7 Å². The summed E-state index contributed by atoms with van der Waals surface area (Å²) in [5.41, 5.74) is -0.156. The van der Waals surface area contributed by atoms with E-state index in [2.05, 4.69) is 5.32 Å². The van der Waals surface area contributed by atoms with Gasteiger partial charge in [-0.05, 0) is 39.8 Å². The zero-order chi connectivity index (χ0) is 16.2.